The molecule has 3 aromatic carbocycles. The quantitative estimate of drug-likeness (QED) is 0.220. The Kier molecular flexibility index (Phi) is 5.61. The lowest BCUT2D eigenvalue weighted by molar-refractivity contribution is 0.262. The van der Waals surface area contributed by atoms with Crippen molar-refractivity contribution in [2.24, 2.45) is 0 Å². The number of nitrogen functional groups attached to an aromatic ring is 2. The van der Waals surface area contributed by atoms with E-state index in [0.29, 0.717) is 11.5 Å². The number of hydrogen-bond donors (Lipinski definition) is 4. The van der Waals surface area contributed by atoms with E-state index in [2.05, 4.69) is 21.0 Å². The molecule has 0 atom stereocenters. The molecule has 5 rings (SSSR count). The van der Waals surface area contributed by atoms with Gasteiger partial charge in [-0.15, -0.1) is 11.3 Å². The Bertz CT molecular complexity index is 1490. The summed E-state index contributed by atoms with van der Waals surface area (Å²) in [6.45, 7) is 1.98. The molecule has 0 aliphatic heterocycles. The number of pyridine rings is 1. The largest absolute Gasteiger partial charge is 0.399 e. The van der Waals surface area contributed by atoms with Crippen LogP contribution in [0.25, 0.3) is 32.3 Å². The van der Waals surface area contributed by atoms with E-state index < -0.39 is 0 Å². The zero-order valence-corrected chi connectivity index (χ0v) is 19.3. The Balaban J connectivity index is 1.40. The maximum absolute atomic E-state index is 12.4. The number of nitrogens with zero attached hydrogens (tertiary/aromatic N) is 1. The van der Waals surface area contributed by atoms with Crippen LogP contribution in [0.15, 0.2) is 84.4 Å². The topological polar surface area (TPSA) is 106 Å². The Labute approximate surface area is 201 Å². The average molecular weight is 466 g/mol. The van der Waals surface area contributed by atoms with Crippen LogP contribution in [0.1, 0.15) is 5.56 Å². The molecule has 6 nitrogen and oxygen atoms in total. The van der Waals surface area contributed by atoms with E-state index in [1.165, 1.54) is 0 Å². The number of urea groups is 1. The predicted octanol–water partition coefficient (Wildman–Crippen LogP) is 6.75. The lowest BCUT2D eigenvalue weighted by Crippen LogP contribution is -2.19. The van der Waals surface area contributed by atoms with Crippen LogP contribution in [0.4, 0.5) is 27.7 Å². The molecule has 7 heteroatoms. The number of rotatable bonds is 4. The number of hydrogen-bond acceptors (Lipinski definition) is 5. The van der Waals surface area contributed by atoms with Gasteiger partial charge in [-0.1, -0.05) is 36.4 Å². The third-order valence-corrected chi connectivity index (χ3v) is 6.59. The Morgan fingerprint density at radius 1 is 0.853 bits per heavy atom. The predicted molar refractivity (Wildman–Crippen MR) is 143 cm³/mol. The SMILES string of the molecule is Cc1cccc(NC(=O)Nc2ccc(-c3csc4c(-c5ccc(N)cc5)cnc(N)c34)cc2)c1. The van der Waals surface area contributed by atoms with Crippen molar-refractivity contribution in [3.63, 3.8) is 0 Å². The van der Waals surface area contributed by atoms with E-state index in [-0.39, 0.29) is 6.03 Å². The van der Waals surface area contributed by atoms with Gasteiger partial charge in [-0.25, -0.2) is 9.78 Å². The van der Waals surface area contributed by atoms with Gasteiger partial charge >= 0.3 is 6.03 Å². The summed E-state index contributed by atoms with van der Waals surface area (Å²) >= 11 is 1.63. The molecule has 5 aromatic rings. The van der Waals surface area contributed by atoms with Gasteiger partial charge in [0.1, 0.15) is 5.82 Å². The molecule has 0 spiro atoms. The molecule has 34 heavy (non-hydrogen) atoms. The molecular weight excluding hydrogens is 442 g/mol. The minimum absolute atomic E-state index is 0.291. The molecule has 2 heterocycles. The summed E-state index contributed by atoms with van der Waals surface area (Å²) in [5.41, 5.74) is 19.5. The first-order chi connectivity index (χ1) is 16.5. The van der Waals surface area contributed by atoms with E-state index >= 15 is 0 Å². The number of nitrogens with two attached hydrogens (primary N) is 2. The third kappa shape index (κ3) is 4.29. The monoisotopic (exact) mass is 465 g/mol. The number of fused-ring (bicyclic) bond motifs is 1. The summed E-state index contributed by atoms with van der Waals surface area (Å²) in [7, 11) is 0. The van der Waals surface area contributed by atoms with Crippen molar-refractivity contribution in [3.8, 4) is 22.3 Å². The van der Waals surface area contributed by atoms with Crippen molar-refractivity contribution >= 4 is 50.3 Å². The van der Waals surface area contributed by atoms with E-state index in [0.717, 1.165) is 49.3 Å². The van der Waals surface area contributed by atoms with Crippen LogP contribution >= 0.6 is 11.3 Å². The fraction of sp³-hybridized carbons (Fsp3) is 0.0370. The molecule has 0 fully saturated rings. The number of nitrogens with one attached hydrogen (secondary N) is 2. The number of amides is 2. The number of carbonyl (C=O) groups excluding carboxylic acids is 1. The summed E-state index contributed by atoms with van der Waals surface area (Å²) in [4.78, 5) is 16.8. The first-order valence-electron chi connectivity index (χ1n) is 10.7. The van der Waals surface area contributed by atoms with Crippen LogP contribution in [0.5, 0.6) is 0 Å². The van der Waals surface area contributed by atoms with Gasteiger partial charge in [-0.3, -0.25) is 0 Å². The second kappa shape index (κ2) is 8.88. The van der Waals surface area contributed by atoms with Gasteiger partial charge in [0.15, 0.2) is 0 Å². The van der Waals surface area contributed by atoms with Crippen LogP contribution in [0, 0.1) is 6.92 Å². The summed E-state index contributed by atoms with van der Waals surface area (Å²) in [6.07, 6.45) is 1.81. The van der Waals surface area contributed by atoms with Gasteiger partial charge in [-0.05, 0) is 65.4 Å². The number of thiophene rings is 1. The highest BCUT2D eigenvalue weighted by Gasteiger charge is 2.15. The molecule has 6 N–H and O–H groups in total. The smallest absolute Gasteiger partial charge is 0.323 e. The highest BCUT2D eigenvalue weighted by molar-refractivity contribution is 7.18. The summed E-state index contributed by atoms with van der Waals surface area (Å²) in [5, 5.41) is 8.74. The van der Waals surface area contributed by atoms with E-state index in [4.69, 9.17) is 11.5 Å². The fourth-order valence-electron chi connectivity index (χ4n) is 3.90. The van der Waals surface area contributed by atoms with Gasteiger partial charge in [0.2, 0.25) is 0 Å². The number of aromatic nitrogens is 1. The molecule has 0 aliphatic carbocycles. The Morgan fingerprint density at radius 2 is 1.53 bits per heavy atom. The van der Waals surface area contributed by atoms with Crippen molar-refractivity contribution in [3.05, 3.63) is 89.9 Å². The van der Waals surface area contributed by atoms with Gasteiger partial charge < -0.3 is 22.1 Å². The second-order valence-electron chi connectivity index (χ2n) is 8.06. The van der Waals surface area contributed by atoms with Crippen molar-refractivity contribution in [2.75, 3.05) is 22.1 Å². The van der Waals surface area contributed by atoms with Crippen LogP contribution < -0.4 is 22.1 Å². The zero-order valence-electron chi connectivity index (χ0n) is 18.5. The van der Waals surface area contributed by atoms with Crippen LogP contribution in [-0.4, -0.2) is 11.0 Å². The van der Waals surface area contributed by atoms with Gasteiger partial charge in [0, 0.05) is 44.5 Å². The number of benzene rings is 3. The maximum atomic E-state index is 12.4. The van der Waals surface area contributed by atoms with Gasteiger partial charge in [0.25, 0.3) is 0 Å². The lowest BCUT2D eigenvalue weighted by atomic mass is 10.0. The van der Waals surface area contributed by atoms with Crippen molar-refractivity contribution < 1.29 is 4.79 Å². The van der Waals surface area contributed by atoms with Crippen molar-refractivity contribution in [2.45, 2.75) is 6.92 Å². The van der Waals surface area contributed by atoms with Gasteiger partial charge in [0.05, 0.1) is 0 Å². The lowest BCUT2D eigenvalue weighted by Gasteiger charge is -2.10. The molecule has 0 unspecified atom stereocenters. The van der Waals surface area contributed by atoms with Gasteiger partial charge in [-0.2, -0.15) is 0 Å². The number of aryl methyl sites for hydroxylation is 1. The number of anilines is 4. The maximum Gasteiger partial charge on any atom is 0.323 e. The molecule has 2 aromatic heterocycles. The van der Waals surface area contributed by atoms with Crippen LogP contribution in [-0.2, 0) is 0 Å². The summed E-state index contributed by atoms with van der Waals surface area (Å²) < 4.78 is 1.08. The van der Waals surface area contributed by atoms with E-state index in [1.807, 2.05) is 85.9 Å². The molecule has 0 radical (unpaired) electrons. The molecule has 168 valence electrons. The Morgan fingerprint density at radius 3 is 2.26 bits per heavy atom. The summed E-state index contributed by atoms with van der Waals surface area (Å²) in [6, 6.07) is 22.8. The molecular formula is C27H23N5OS. The zero-order chi connectivity index (χ0) is 23.7. The van der Waals surface area contributed by atoms with Crippen LogP contribution in [0.3, 0.4) is 0 Å². The number of carbonyl (C=O) groups is 1. The second-order valence-corrected chi connectivity index (χ2v) is 8.94. The Hall–Kier alpha value is -4.36. The minimum Gasteiger partial charge on any atom is -0.399 e. The average Bonchev–Trinajstić information content (AvgIpc) is 3.27. The standard InChI is InChI=1S/C27H23N5OS/c1-16-3-2-4-21(13-16)32-27(33)31-20-11-7-18(8-12-20)23-15-34-25-22(14-30-26(29)24(23)25)17-5-9-19(28)10-6-17/h2-15H,28H2,1H3,(H2,29,30)(H2,31,32,33). The first kappa shape index (κ1) is 21.5. The minimum atomic E-state index is -0.291. The van der Waals surface area contributed by atoms with E-state index in [9.17, 15) is 4.79 Å². The first-order valence-corrected chi connectivity index (χ1v) is 11.6. The molecule has 0 saturated heterocycles. The molecule has 0 bridgehead atoms. The third-order valence-electron chi connectivity index (χ3n) is 5.58. The van der Waals surface area contributed by atoms with Crippen LogP contribution in [0.2, 0.25) is 0 Å². The summed E-state index contributed by atoms with van der Waals surface area (Å²) in [5.74, 6) is 0.491. The van der Waals surface area contributed by atoms with E-state index in [1.54, 1.807) is 11.3 Å². The highest BCUT2D eigenvalue weighted by atomic mass is 32.1. The fourth-order valence-corrected chi connectivity index (χ4v) is 5.02. The molecule has 2 amide bonds. The van der Waals surface area contributed by atoms with Crippen molar-refractivity contribution in [1.82, 2.24) is 4.98 Å². The molecule has 0 aliphatic rings. The molecule has 0 saturated carbocycles. The highest BCUT2D eigenvalue weighted by Crippen LogP contribution is 2.42. The normalized spacial score (nSPS) is 10.9. The van der Waals surface area contributed by atoms with Crippen molar-refractivity contribution in [1.29, 1.82) is 0 Å².